The normalized spacial score (nSPS) is 19.7. The van der Waals surface area contributed by atoms with E-state index in [9.17, 15) is 0 Å². The van der Waals surface area contributed by atoms with Crippen molar-refractivity contribution in [3.63, 3.8) is 0 Å². The van der Waals surface area contributed by atoms with E-state index < -0.39 is 12.0 Å². The Morgan fingerprint density at radius 3 is 1.71 bits per heavy atom. The van der Waals surface area contributed by atoms with E-state index in [0.29, 0.717) is 0 Å². The molecule has 0 rings (SSSR count). The van der Waals surface area contributed by atoms with Crippen molar-refractivity contribution in [1.82, 2.24) is 0 Å². The summed E-state index contributed by atoms with van der Waals surface area (Å²) in [5.74, 6) is 0. The van der Waals surface area contributed by atoms with E-state index in [1.54, 1.807) is 0 Å². The average Bonchev–Trinajstić information content (AvgIpc) is 1.31. The van der Waals surface area contributed by atoms with E-state index in [2.05, 4.69) is 0 Å². The van der Waals surface area contributed by atoms with E-state index >= 15 is 0 Å². The van der Waals surface area contributed by atoms with E-state index in [1.807, 2.05) is 0 Å². The first kappa shape index (κ1) is 6.84. The Morgan fingerprint density at radius 1 is 1.57 bits per heavy atom. The van der Waals surface area contributed by atoms with Crippen LogP contribution in [0.3, 0.4) is 0 Å². The fourth-order valence-corrected chi connectivity index (χ4v) is 0. The molecule has 0 aliphatic heterocycles. The van der Waals surface area contributed by atoms with Crippen molar-refractivity contribution in [1.29, 1.82) is 0 Å². The van der Waals surface area contributed by atoms with Crippen molar-refractivity contribution >= 4 is 0 Å². The molecule has 0 aliphatic rings. The Hall–Kier alpha value is -0.160. The van der Waals surface area contributed by atoms with Crippen LogP contribution in [0, 0.1) is 0 Å². The monoisotopic (exact) mass is 107 g/mol. The van der Waals surface area contributed by atoms with E-state index in [1.165, 1.54) is 0 Å². The molecule has 0 saturated carbocycles. The third-order valence-electron chi connectivity index (χ3n) is 0.523. The minimum Gasteiger partial charge on any atom is -0.371 e. The van der Waals surface area contributed by atoms with Crippen LogP contribution in [-0.4, -0.2) is 27.3 Å². The van der Waals surface area contributed by atoms with Crippen molar-refractivity contribution in [3.8, 4) is 0 Å². The molecule has 7 heavy (non-hydrogen) atoms. The summed E-state index contributed by atoms with van der Waals surface area (Å²) in [5.41, 5.74) is 2.84. The molecule has 0 spiro atoms. The average molecular weight is 107 g/mol. The zero-order valence-corrected chi connectivity index (χ0v) is 4.00. The molecule has 0 unspecified atom stereocenters. The molecule has 4 heteroatoms. The zero-order valence-electron chi connectivity index (χ0n) is 4.00. The topological polar surface area (TPSA) is 86.7 Å². The summed E-state index contributed by atoms with van der Waals surface area (Å²) in [4.78, 5) is 0. The van der Waals surface area contributed by atoms with Gasteiger partial charge in [0.15, 0.2) is 12.0 Å². The second kappa shape index (κ2) is 1.75. The van der Waals surface area contributed by atoms with Crippen LogP contribution in [0.15, 0.2) is 0 Å². The predicted molar refractivity (Wildman–Crippen MR) is 23.0 cm³/mol. The van der Waals surface area contributed by atoms with Crippen LogP contribution in [0.5, 0.6) is 0 Å². The van der Waals surface area contributed by atoms with Crippen molar-refractivity contribution in [3.05, 3.63) is 0 Å². The summed E-state index contributed by atoms with van der Waals surface area (Å²) in [6.45, 7) is 1.09. The summed E-state index contributed by atoms with van der Waals surface area (Å²) in [6.07, 6.45) is -1.87. The highest BCUT2D eigenvalue weighted by Crippen LogP contribution is 1.94. The number of hydrogen-bond acceptors (Lipinski definition) is 4. The van der Waals surface area contributed by atoms with Crippen LogP contribution in [0.25, 0.3) is 0 Å². The minimum absolute atomic E-state index is 1.09. The highest BCUT2D eigenvalue weighted by atomic mass is 16.5. The minimum atomic E-state index is -1.89. The fraction of sp³-hybridized carbons (Fsp3) is 1.00. The standard InChI is InChI=1S/C3H9NO3/c1-3(4,7)2(5)6/h2,5-7H,4H2,1H3/t3-/m0/s1. The highest BCUT2D eigenvalue weighted by Gasteiger charge is 2.21. The number of nitrogens with two attached hydrogens (primary N) is 1. The van der Waals surface area contributed by atoms with Crippen LogP contribution in [-0.2, 0) is 0 Å². The molecule has 0 aromatic heterocycles. The summed E-state index contributed by atoms with van der Waals surface area (Å²) < 4.78 is 0. The van der Waals surface area contributed by atoms with Crippen LogP contribution < -0.4 is 5.73 Å². The molecule has 5 N–H and O–H groups in total. The zero-order chi connectivity index (χ0) is 6.08. The molecule has 0 bridgehead atoms. The number of aliphatic hydroxyl groups excluding tert-OH is 1. The molecule has 0 heterocycles. The molecule has 44 valence electrons. The van der Waals surface area contributed by atoms with E-state index in [4.69, 9.17) is 21.1 Å². The van der Waals surface area contributed by atoms with Gasteiger partial charge in [-0.3, -0.25) is 5.73 Å². The van der Waals surface area contributed by atoms with Crippen LogP contribution in [0.2, 0.25) is 0 Å². The summed E-state index contributed by atoms with van der Waals surface area (Å²) in [6, 6.07) is 0. The van der Waals surface area contributed by atoms with Gasteiger partial charge >= 0.3 is 0 Å². The van der Waals surface area contributed by atoms with Gasteiger partial charge in [-0.25, -0.2) is 0 Å². The van der Waals surface area contributed by atoms with Gasteiger partial charge in [0.2, 0.25) is 0 Å². The molecule has 0 saturated heterocycles. The second-order valence-electron chi connectivity index (χ2n) is 1.60. The maximum Gasteiger partial charge on any atom is 0.194 e. The van der Waals surface area contributed by atoms with Gasteiger partial charge in [-0.05, 0) is 6.92 Å². The van der Waals surface area contributed by atoms with Gasteiger partial charge in [0, 0.05) is 0 Å². The molecule has 0 amide bonds. The van der Waals surface area contributed by atoms with Crippen LogP contribution in [0.1, 0.15) is 6.92 Å². The first-order valence-electron chi connectivity index (χ1n) is 1.82. The Labute approximate surface area is 41.2 Å². The molecule has 4 nitrogen and oxygen atoms in total. The van der Waals surface area contributed by atoms with Gasteiger partial charge in [-0.15, -0.1) is 0 Å². The number of hydrogen-bond donors (Lipinski definition) is 4. The lowest BCUT2D eigenvalue weighted by molar-refractivity contribution is -0.172. The summed E-state index contributed by atoms with van der Waals surface area (Å²) >= 11 is 0. The van der Waals surface area contributed by atoms with Crippen molar-refractivity contribution in [2.24, 2.45) is 5.73 Å². The first-order chi connectivity index (χ1) is 2.94. The third kappa shape index (κ3) is 2.52. The van der Waals surface area contributed by atoms with Gasteiger partial charge in [0.25, 0.3) is 0 Å². The number of rotatable bonds is 1. The third-order valence-corrected chi connectivity index (χ3v) is 0.523. The van der Waals surface area contributed by atoms with Gasteiger partial charge in [-0.2, -0.15) is 0 Å². The summed E-state index contributed by atoms with van der Waals surface area (Å²) in [5, 5.41) is 24.5. The van der Waals surface area contributed by atoms with Gasteiger partial charge < -0.3 is 15.3 Å². The molecule has 0 radical (unpaired) electrons. The molecular weight excluding hydrogens is 98.0 g/mol. The number of aliphatic hydroxyl groups is 3. The highest BCUT2D eigenvalue weighted by molar-refractivity contribution is 4.62. The lowest BCUT2D eigenvalue weighted by Gasteiger charge is -2.18. The SMILES string of the molecule is C[C@](N)(O)C(O)O. The molecule has 0 aromatic carbocycles. The Balaban J connectivity index is 3.54. The molecular formula is C3H9NO3. The lowest BCUT2D eigenvalue weighted by atomic mass is 10.3. The maximum absolute atomic E-state index is 8.37. The van der Waals surface area contributed by atoms with Crippen LogP contribution in [0.4, 0.5) is 0 Å². The molecule has 0 fully saturated rings. The van der Waals surface area contributed by atoms with Gasteiger partial charge in [0.05, 0.1) is 0 Å². The second-order valence-corrected chi connectivity index (χ2v) is 1.60. The van der Waals surface area contributed by atoms with Gasteiger partial charge in [0.1, 0.15) is 0 Å². The Kier molecular flexibility index (Phi) is 1.71. The summed E-state index contributed by atoms with van der Waals surface area (Å²) in [7, 11) is 0. The molecule has 1 atom stereocenters. The molecule has 0 aliphatic carbocycles. The smallest absolute Gasteiger partial charge is 0.194 e. The molecule has 0 aromatic rings. The first-order valence-corrected chi connectivity index (χ1v) is 1.82. The maximum atomic E-state index is 8.37. The lowest BCUT2D eigenvalue weighted by Crippen LogP contribution is -2.47. The quantitative estimate of drug-likeness (QED) is 0.291. The van der Waals surface area contributed by atoms with E-state index in [0.717, 1.165) is 6.92 Å². The van der Waals surface area contributed by atoms with Crippen molar-refractivity contribution < 1.29 is 15.3 Å². The Bertz CT molecular complexity index is 55.7. The Morgan fingerprint density at radius 2 is 1.71 bits per heavy atom. The van der Waals surface area contributed by atoms with Crippen LogP contribution >= 0.6 is 0 Å². The van der Waals surface area contributed by atoms with Crippen molar-refractivity contribution in [2.45, 2.75) is 18.9 Å². The van der Waals surface area contributed by atoms with Gasteiger partial charge in [-0.1, -0.05) is 0 Å². The van der Waals surface area contributed by atoms with E-state index in [-0.39, 0.29) is 0 Å². The van der Waals surface area contributed by atoms with Crippen molar-refractivity contribution in [2.75, 3.05) is 0 Å². The largest absolute Gasteiger partial charge is 0.371 e. The fourth-order valence-electron chi connectivity index (χ4n) is 0. The predicted octanol–water partition coefficient (Wildman–Crippen LogP) is -2.04.